The summed E-state index contributed by atoms with van der Waals surface area (Å²) in [6.07, 6.45) is 0. The van der Waals surface area contributed by atoms with Gasteiger partial charge in [0.2, 0.25) is 0 Å². The van der Waals surface area contributed by atoms with Crippen molar-refractivity contribution in [2.45, 2.75) is 30.6 Å². The zero-order valence-corrected chi connectivity index (χ0v) is 18.2. The van der Waals surface area contributed by atoms with Crippen molar-refractivity contribution in [3.05, 3.63) is 101 Å². The summed E-state index contributed by atoms with van der Waals surface area (Å²) in [5, 5.41) is 0. The standard InChI is InChI=1S/C26H24O3S/c1-5-29-26(28)21-12-10-20(11-13-21)18(3)23-8-6-7-9-25(23)30-24-15-14-22(19(4)27)16-17(24)2/h6-16H,3,5H2,1-2,4H3. The van der Waals surface area contributed by atoms with E-state index in [0.717, 1.165) is 37.6 Å². The van der Waals surface area contributed by atoms with Crippen molar-refractivity contribution in [2.75, 3.05) is 6.61 Å². The second kappa shape index (κ2) is 9.59. The number of Topliss-reactive ketones (excluding diaryl/α,β-unsaturated/α-hetero) is 1. The van der Waals surface area contributed by atoms with Gasteiger partial charge in [-0.15, -0.1) is 0 Å². The Balaban J connectivity index is 1.87. The van der Waals surface area contributed by atoms with Gasteiger partial charge in [0.1, 0.15) is 0 Å². The third-order valence-electron chi connectivity index (χ3n) is 4.76. The first-order chi connectivity index (χ1) is 14.4. The average molecular weight is 417 g/mol. The Bertz CT molecular complexity index is 1100. The molecule has 0 spiro atoms. The molecule has 0 bridgehead atoms. The van der Waals surface area contributed by atoms with Crippen LogP contribution >= 0.6 is 11.8 Å². The van der Waals surface area contributed by atoms with Crippen LogP contribution in [0.15, 0.2) is 83.1 Å². The summed E-state index contributed by atoms with van der Waals surface area (Å²) in [7, 11) is 0. The minimum absolute atomic E-state index is 0.0645. The van der Waals surface area contributed by atoms with Crippen molar-refractivity contribution in [2.24, 2.45) is 0 Å². The third kappa shape index (κ3) is 4.89. The molecule has 0 aliphatic carbocycles. The first kappa shape index (κ1) is 21.6. The summed E-state index contributed by atoms with van der Waals surface area (Å²) in [6.45, 7) is 10.0. The summed E-state index contributed by atoms with van der Waals surface area (Å²) < 4.78 is 5.05. The molecular weight excluding hydrogens is 392 g/mol. The highest BCUT2D eigenvalue weighted by Gasteiger charge is 2.12. The van der Waals surface area contributed by atoms with Crippen LogP contribution in [0.1, 0.15) is 51.3 Å². The quantitative estimate of drug-likeness (QED) is 0.322. The van der Waals surface area contributed by atoms with Gasteiger partial charge in [0.25, 0.3) is 0 Å². The lowest BCUT2D eigenvalue weighted by Crippen LogP contribution is -2.04. The van der Waals surface area contributed by atoms with Gasteiger partial charge in [-0.3, -0.25) is 4.79 Å². The molecule has 30 heavy (non-hydrogen) atoms. The van der Waals surface area contributed by atoms with Gasteiger partial charge in [0.15, 0.2) is 5.78 Å². The van der Waals surface area contributed by atoms with Gasteiger partial charge in [-0.1, -0.05) is 54.7 Å². The van der Waals surface area contributed by atoms with Crippen LogP contribution in [-0.4, -0.2) is 18.4 Å². The Morgan fingerprint density at radius 2 is 1.53 bits per heavy atom. The van der Waals surface area contributed by atoms with Gasteiger partial charge < -0.3 is 4.74 Å². The number of ether oxygens (including phenoxy) is 1. The maximum Gasteiger partial charge on any atom is 0.338 e. The zero-order valence-electron chi connectivity index (χ0n) is 17.4. The van der Waals surface area contributed by atoms with E-state index in [-0.39, 0.29) is 11.8 Å². The molecule has 3 aromatic rings. The smallest absolute Gasteiger partial charge is 0.338 e. The van der Waals surface area contributed by atoms with E-state index in [2.05, 4.69) is 12.6 Å². The number of aryl methyl sites for hydroxylation is 1. The second-order valence-corrected chi connectivity index (χ2v) is 7.99. The lowest BCUT2D eigenvalue weighted by Gasteiger charge is -2.14. The first-order valence-electron chi connectivity index (χ1n) is 9.76. The van der Waals surface area contributed by atoms with Crippen LogP contribution in [0.4, 0.5) is 0 Å². The van der Waals surface area contributed by atoms with Crippen molar-refractivity contribution < 1.29 is 14.3 Å². The lowest BCUT2D eigenvalue weighted by molar-refractivity contribution is 0.0526. The topological polar surface area (TPSA) is 43.4 Å². The highest BCUT2D eigenvalue weighted by atomic mass is 32.2. The minimum Gasteiger partial charge on any atom is -0.462 e. The predicted molar refractivity (Wildman–Crippen MR) is 122 cm³/mol. The molecule has 3 nitrogen and oxygen atoms in total. The molecule has 0 amide bonds. The maximum atomic E-state index is 11.9. The molecule has 3 aromatic carbocycles. The monoisotopic (exact) mass is 416 g/mol. The van der Waals surface area contributed by atoms with Gasteiger partial charge in [0.05, 0.1) is 12.2 Å². The Labute approximate surface area is 181 Å². The number of benzene rings is 3. The minimum atomic E-state index is -0.324. The molecule has 0 saturated carbocycles. The summed E-state index contributed by atoms with van der Waals surface area (Å²) in [6, 6.07) is 21.2. The van der Waals surface area contributed by atoms with Crippen LogP contribution in [0.3, 0.4) is 0 Å². The van der Waals surface area contributed by atoms with Crippen LogP contribution < -0.4 is 0 Å². The van der Waals surface area contributed by atoms with Crippen molar-refractivity contribution >= 4 is 29.1 Å². The maximum absolute atomic E-state index is 11.9. The molecule has 0 aliphatic rings. The van der Waals surface area contributed by atoms with E-state index < -0.39 is 0 Å². The van der Waals surface area contributed by atoms with Crippen LogP contribution in [-0.2, 0) is 4.74 Å². The highest BCUT2D eigenvalue weighted by molar-refractivity contribution is 7.99. The van der Waals surface area contributed by atoms with Gasteiger partial charge >= 0.3 is 5.97 Å². The summed E-state index contributed by atoms with van der Waals surface area (Å²) in [5.74, 6) is -0.259. The number of ketones is 1. The largest absolute Gasteiger partial charge is 0.462 e. The van der Waals surface area contributed by atoms with E-state index in [4.69, 9.17) is 4.74 Å². The molecule has 0 unspecified atom stereocenters. The molecule has 0 saturated heterocycles. The third-order valence-corrected chi connectivity index (χ3v) is 6.01. The molecular formula is C26H24O3S. The summed E-state index contributed by atoms with van der Waals surface area (Å²) in [4.78, 5) is 25.7. The zero-order chi connectivity index (χ0) is 21.7. The molecule has 0 fully saturated rings. The van der Waals surface area contributed by atoms with E-state index in [1.807, 2.05) is 55.5 Å². The SMILES string of the molecule is C=C(c1ccc(C(=O)OCC)cc1)c1ccccc1Sc1ccc(C(C)=O)cc1C. The van der Waals surface area contributed by atoms with Gasteiger partial charge in [-0.25, -0.2) is 4.79 Å². The number of esters is 1. The molecule has 152 valence electrons. The molecule has 0 atom stereocenters. The molecule has 0 N–H and O–H groups in total. The number of hydrogen-bond acceptors (Lipinski definition) is 4. The highest BCUT2D eigenvalue weighted by Crippen LogP contribution is 2.37. The number of rotatable bonds is 7. The lowest BCUT2D eigenvalue weighted by atomic mass is 9.98. The number of hydrogen-bond donors (Lipinski definition) is 0. The van der Waals surface area contributed by atoms with E-state index >= 15 is 0 Å². The molecule has 0 radical (unpaired) electrons. The van der Waals surface area contributed by atoms with Gasteiger partial charge in [0, 0.05) is 15.4 Å². The van der Waals surface area contributed by atoms with Crippen molar-refractivity contribution in [1.82, 2.24) is 0 Å². The average Bonchev–Trinajstić information content (AvgIpc) is 2.75. The molecule has 0 heterocycles. The van der Waals surface area contributed by atoms with E-state index in [0.29, 0.717) is 12.2 Å². The fraction of sp³-hybridized carbons (Fsp3) is 0.154. The molecule has 3 rings (SSSR count). The Morgan fingerprint density at radius 1 is 0.900 bits per heavy atom. The van der Waals surface area contributed by atoms with Crippen LogP contribution in [0, 0.1) is 6.92 Å². The Hall–Kier alpha value is -3.11. The number of carbonyl (C=O) groups is 2. The van der Waals surface area contributed by atoms with Crippen LogP contribution in [0.2, 0.25) is 0 Å². The van der Waals surface area contributed by atoms with E-state index in [9.17, 15) is 9.59 Å². The van der Waals surface area contributed by atoms with Crippen molar-refractivity contribution in [3.8, 4) is 0 Å². The fourth-order valence-corrected chi connectivity index (χ4v) is 4.12. The normalized spacial score (nSPS) is 10.5. The predicted octanol–water partition coefficient (Wildman–Crippen LogP) is 6.59. The Morgan fingerprint density at radius 3 is 2.17 bits per heavy atom. The number of carbonyl (C=O) groups excluding carboxylic acids is 2. The summed E-state index contributed by atoms with van der Waals surface area (Å²) >= 11 is 1.65. The molecule has 0 aliphatic heterocycles. The summed E-state index contributed by atoms with van der Waals surface area (Å²) in [5.41, 5.74) is 5.16. The second-order valence-electron chi connectivity index (χ2n) is 6.91. The fourth-order valence-electron chi connectivity index (χ4n) is 3.08. The van der Waals surface area contributed by atoms with Crippen molar-refractivity contribution in [1.29, 1.82) is 0 Å². The molecule has 4 heteroatoms. The van der Waals surface area contributed by atoms with Gasteiger partial charge in [-0.05, 0) is 73.4 Å². The van der Waals surface area contributed by atoms with Crippen molar-refractivity contribution in [3.63, 3.8) is 0 Å². The van der Waals surface area contributed by atoms with E-state index in [1.54, 1.807) is 37.7 Å². The van der Waals surface area contributed by atoms with Crippen LogP contribution in [0.25, 0.3) is 5.57 Å². The van der Waals surface area contributed by atoms with Crippen LogP contribution in [0.5, 0.6) is 0 Å². The first-order valence-corrected chi connectivity index (χ1v) is 10.6. The molecule has 0 aromatic heterocycles. The Kier molecular flexibility index (Phi) is 6.91. The van der Waals surface area contributed by atoms with E-state index in [1.165, 1.54) is 0 Å². The van der Waals surface area contributed by atoms with Gasteiger partial charge in [-0.2, -0.15) is 0 Å².